The molecule has 86 valence electrons. The van der Waals surface area contributed by atoms with Gasteiger partial charge in [0, 0.05) is 13.2 Å². The molecule has 0 aromatic rings. The fraction of sp³-hybridized carbons (Fsp3) is 0.800. The van der Waals surface area contributed by atoms with Crippen LogP contribution in [0.15, 0.2) is 0 Å². The highest BCUT2D eigenvalue weighted by atomic mass is 16.5. The molecule has 5 nitrogen and oxygen atoms in total. The largest absolute Gasteiger partial charge is 0.383 e. The molecule has 0 saturated carbocycles. The van der Waals surface area contributed by atoms with Crippen LogP contribution in [0.3, 0.4) is 0 Å². The summed E-state index contributed by atoms with van der Waals surface area (Å²) in [6.45, 7) is 5.20. The molecule has 1 atom stereocenters. The van der Waals surface area contributed by atoms with Crippen LogP contribution in [0.25, 0.3) is 0 Å². The van der Waals surface area contributed by atoms with E-state index in [2.05, 4.69) is 19.2 Å². The number of ether oxygens (including phenoxy) is 1. The smallest absolute Gasteiger partial charge is 0.240 e. The van der Waals surface area contributed by atoms with Crippen LogP contribution in [0.5, 0.6) is 0 Å². The molecule has 0 aromatic carbocycles. The summed E-state index contributed by atoms with van der Waals surface area (Å²) < 4.78 is 5.10. The SMILES string of the molecule is COCC(C(C)C)N1CC(=O)NC(=O)C1. The zero-order chi connectivity index (χ0) is 11.4. The second kappa shape index (κ2) is 5.23. The number of methoxy groups -OCH3 is 1. The summed E-state index contributed by atoms with van der Waals surface area (Å²) in [4.78, 5) is 24.3. The van der Waals surface area contributed by atoms with Crippen molar-refractivity contribution < 1.29 is 14.3 Å². The molecule has 2 amide bonds. The Hall–Kier alpha value is -0.940. The number of carbonyl (C=O) groups is 2. The third-order valence-corrected chi connectivity index (χ3v) is 2.55. The first kappa shape index (κ1) is 12.1. The zero-order valence-corrected chi connectivity index (χ0v) is 9.45. The van der Waals surface area contributed by atoms with Crippen LogP contribution in [0.1, 0.15) is 13.8 Å². The lowest BCUT2D eigenvalue weighted by Gasteiger charge is -2.35. The molecule has 0 spiro atoms. The summed E-state index contributed by atoms with van der Waals surface area (Å²) >= 11 is 0. The van der Waals surface area contributed by atoms with E-state index in [0.29, 0.717) is 12.5 Å². The number of rotatable bonds is 4. The second-order valence-electron chi connectivity index (χ2n) is 4.14. The summed E-state index contributed by atoms with van der Waals surface area (Å²) in [7, 11) is 1.63. The fourth-order valence-corrected chi connectivity index (χ4v) is 1.78. The molecule has 1 saturated heterocycles. The summed E-state index contributed by atoms with van der Waals surface area (Å²) in [5.74, 6) is -0.107. The number of nitrogens with one attached hydrogen (secondary N) is 1. The van der Waals surface area contributed by atoms with Gasteiger partial charge in [0.1, 0.15) is 0 Å². The van der Waals surface area contributed by atoms with E-state index < -0.39 is 0 Å². The van der Waals surface area contributed by atoms with Gasteiger partial charge < -0.3 is 4.74 Å². The first-order valence-corrected chi connectivity index (χ1v) is 5.10. The van der Waals surface area contributed by atoms with Crippen LogP contribution in [-0.4, -0.2) is 49.6 Å². The van der Waals surface area contributed by atoms with Crippen LogP contribution in [0, 0.1) is 5.92 Å². The Labute approximate surface area is 89.8 Å². The lowest BCUT2D eigenvalue weighted by atomic mass is 10.0. The van der Waals surface area contributed by atoms with Gasteiger partial charge in [-0.3, -0.25) is 19.8 Å². The van der Waals surface area contributed by atoms with Crippen molar-refractivity contribution in [1.82, 2.24) is 10.2 Å². The Morgan fingerprint density at radius 3 is 2.27 bits per heavy atom. The highest BCUT2D eigenvalue weighted by Gasteiger charge is 2.29. The highest BCUT2D eigenvalue weighted by molar-refractivity contribution is 5.99. The van der Waals surface area contributed by atoms with Gasteiger partial charge >= 0.3 is 0 Å². The van der Waals surface area contributed by atoms with Crippen molar-refractivity contribution in [1.29, 1.82) is 0 Å². The molecule has 5 heteroatoms. The average molecular weight is 214 g/mol. The molecule has 0 radical (unpaired) electrons. The predicted octanol–water partition coefficient (Wildman–Crippen LogP) is -0.384. The van der Waals surface area contributed by atoms with E-state index in [9.17, 15) is 9.59 Å². The van der Waals surface area contributed by atoms with E-state index in [4.69, 9.17) is 4.74 Å². The van der Waals surface area contributed by atoms with E-state index in [0.717, 1.165) is 0 Å². The number of carbonyl (C=O) groups excluding carboxylic acids is 2. The minimum absolute atomic E-state index is 0.116. The molecule has 1 rings (SSSR count). The quantitative estimate of drug-likeness (QED) is 0.648. The van der Waals surface area contributed by atoms with Crippen molar-refractivity contribution in [2.45, 2.75) is 19.9 Å². The monoisotopic (exact) mass is 214 g/mol. The van der Waals surface area contributed by atoms with Gasteiger partial charge in [0.25, 0.3) is 0 Å². The molecule has 15 heavy (non-hydrogen) atoms. The van der Waals surface area contributed by atoms with Crippen molar-refractivity contribution in [3.63, 3.8) is 0 Å². The van der Waals surface area contributed by atoms with Gasteiger partial charge in [-0.1, -0.05) is 13.8 Å². The van der Waals surface area contributed by atoms with Gasteiger partial charge in [0.05, 0.1) is 19.7 Å². The van der Waals surface area contributed by atoms with E-state index in [1.807, 2.05) is 4.90 Å². The second-order valence-corrected chi connectivity index (χ2v) is 4.14. The molecule has 0 aliphatic carbocycles. The molecule has 0 bridgehead atoms. The number of hydrogen-bond donors (Lipinski definition) is 1. The van der Waals surface area contributed by atoms with Gasteiger partial charge in [-0.25, -0.2) is 0 Å². The molecule has 0 aromatic heterocycles. The first-order valence-electron chi connectivity index (χ1n) is 5.10. The zero-order valence-electron chi connectivity index (χ0n) is 9.45. The van der Waals surface area contributed by atoms with Crippen LogP contribution >= 0.6 is 0 Å². The van der Waals surface area contributed by atoms with Gasteiger partial charge in [0.2, 0.25) is 11.8 Å². The van der Waals surface area contributed by atoms with Crippen LogP contribution < -0.4 is 5.32 Å². The molecule has 1 fully saturated rings. The molecular weight excluding hydrogens is 196 g/mol. The Morgan fingerprint density at radius 1 is 1.33 bits per heavy atom. The minimum atomic E-state index is -0.229. The Balaban J connectivity index is 2.65. The number of nitrogens with zero attached hydrogens (tertiary/aromatic N) is 1. The van der Waals surface area contributed by atoms with Crippen LogP contribution in [0.2, 0.25) is 0 Å². The summed E-state index contributed by atoms with van der Waals surface area (Å²) in [5.41, 5.74) is 0. The van der Waals surface area contributed by atoms with E-state index in [1.54, 1.807) is 7.11 Å². The van der Waals surface area contributed by atoms with Crippen molar-refractivity contribution in [2.75, 3.05) is 26.8 Å². The van der Waals surface area contributed by atoms with Gasteiger partial charge in [-0.15, -0.1) is 0 Å². The van der Waals surface area contributed by atoms with E-state index in [1.165, 1.54) is 0 Å². The maximum atomic E-state index is 11.2. The van der Waals surface area contributed by atoms with Crippen molar-refractivity contribution in [3.8, 4) is 0 Å². The number of piperazine rings is 1. The predicted molar refractivity (Wildman–Crippen MR) is 55.2 cm³/mol. The summed E-state index contributed by atoms with van der Waals surface area (Å²) in [6.07, 6.45) is 0. The lowest BCUT2D eigenvalue weighted by Crippen LogP contribution is -2.56. The van der Waals surface area contributed by atoms with Gasteiger partial charge in [-0.2, -0.15) is 0 Å². The standard InChI is InChI=1S/C10H18N2O3/c1-7(2)8(6-15-3)12-4-9(13)11-10(14)5-12/h7-8H,4-6H2,1-3H3,(H,11,13,14). The van der Waals surface area contributed by atoms with Gasteiger partial charge in [0.15, 0.2) is 0 Å². The normalized spacial score (nSPS) is 20.5. The van der Waals surface area contributed by atoms with Crippen molar-refractivity contribution >= 4 is 11.8 Å². The maximum absolute atomic E-state index is 11.2. The number of hydrogen-bond acceptors (Lipinski definition) is 4. The van der Waals surface area contributed by atoms with Crippen LogP contribution in [-0.2, 0) is 14.3 Å². The van der Waals surface area contributed by atoms with Crippen molar-refractivity contribution in [2.24, 2.45) is 5.92 Å². The van der Waals surface area contributed by atoms with Crippen LogP contribution in [0.4, 0.5) is 0 Å². The maximum Gasteiger partial charge on any atom is 0.240 e. The highest BCUT2D eigenvalue weighted by Crippen LogP contribution is 2.12. The molecule has 1 aliphatic heterocycles. The Kier molecular flexibility index (Phi) is 4.23. The summed E-state index contributed by atoms with van der Waals surface area (Å²) in [6, 6.07) is 0.116. The number of imide groups is 1. The van der Waals surface area contributed by atoms with Crippen molar-refractivity contribution in [3.05, 3.63) is 0 Å². The molecule has 1 heterocycles. The molecular formula is C10H18N2O3. The van der Waals surface area contributed by atoms with E-state index in [-0.39, 0.29) is 30.9 Å². The third kappa shape index (κ3) is 3.28. The molecule has 1 unspecified atom stereocenters. The summed E-state index contributed by atoms with van der Waals surface area (Å²) in [5, 5.41) is 2.28. The Morgan fingerprint density at radius 2 is 1.87 bits per heavy atom. The number of amides is 2. The molecule has 1 aliphatic rings. The lowest BCUT2D eigenvalue weighted by molar-refractivity contribution is -0.138. The average Bonchev–Trinajstić information content (AvgIpc) is 2.11. The molecule has 1 N–H and O–H groups in total. The first-order chi connectivity index (χ1) is 7.04. The Bertz CT molecular complexity index is 237. The fourth-order valence-electron chi connectivity index (χ4n) is 1.78. The topological polar surface area (TPSA) is 58.6 Å². The minimum Gasteiger partial charge on any atom is -0.383 e. The third-order valence-electron chi connectivity index (χ3n) is 2.55. The van der Waals surface area contributed by atoms with E-state index >= 15 is 0 Å². The van der Waals surface area contributed by atoms with Gasteiger partial charge in [-0.05, 0) is 5.92 Å².